The summed E-state index contributed by atoms with van der Waals surface area (Å²) in [5.41, 5.74) is 5.32. The quantitative estimate of drug-likeness (QED) is 0.268. The highest BCUT2D eigenvalue weighted by molar-refractivity contribution is 7.13. The molecule has 7 heteroatoms. The fraction of sp³-hybridized carbons (Fsp3) is 0.310. The van der Waals surface area contributed by atoms with Crippen LogP contribution in [0.15, 0.2) is 60.0 Å². The number of benzene rings is 2. The Morgan fingerprint density at radius 1 is 1.11 bits per heavy atom. The van der Waals surface area contributed by atoms with Gasteiger partial charge in [-0.15, -0.1) is 11.3 Å². The van der Waals surface area contributed by atoms with Crippen molar-refractivity contribution in [1.29, 1.82) is 0 Å². The maximum Gasteiger partial charge on any atom is 0.257 e. The standard InChI is InChI=1S/C29H30ClN3O2S/c1-19-25(28(34)31-23-12-10-22(30)11-13-23)16-27(33(19)17-20-6-4-3-5-7-20)26-18-36-29(32-26)21-8-14-24(35-2)15-9-21/h8-16,18,20H,3-7,17H2,1-2H3,(H,31,34). The molecule has 5 rings (SSSR count). The van der Waals surface area contributed by atoms with Gasteiger partial charge in [0.05, 0.1) is 24.1 Å². The van der Waals surface area contributed by atoms with Crippen molar-refractivity contribution in [3.8, 4) is 27.7 Å². The summed E-state index contributed by atoms with van der Waals surface area (Å²) in [6.07, 6.45) is 6.35. The van der Waals surface area contributed by atoms with E-state index in [1.54, 1.807) is 30.6 Å². The Morgan fingerprint density at radius 3 is 2.53 bits per heavy atom. The van der Waals surface area contributed by atoms with Crippen LogP contribution in [0.2, 0.25) is 5.02 Å². The molecule has 0 aliphatic heterocycles. The smallest absolute Gasteiger partial charge is 0.257 e. The number of rotatable bonds is 7. The van der Waals surface area contributed by atoms with Crippen molar-refractivity contribution in [3.05, 3.63) is 76.3 Å². The zero-order valence-corrected chi connectivity index (χ0v) is 22.2. The van der Waals surface area contributed by atoms with E-state index in [0.717, 1.165) is 45.6 Å². The van der Waals surface area contributed by atoms with E-state index in [4.69, 9.17) is 21.3 Å². The van der Waals surface area contributed by atoms with Crippen molar-refractivity contribution in [2.24, 2.45) is 5.92 Å². The van der Waals surface area contributed by atoms with Gasteiger partial charge in [0.25, 0.3) is 5.91 Å². The first-order valence-electron chi connectivity index (χ1n) is 12.4. The second-order valence-corrected chi connectivity index (χ2v) is 10.7. The van der Waals surface area contributed by atoms with Crippen LogP contribution in [-0.4, -0.2) is 22.6 Å². The largest absolute Gasteiger partial charge is 0.497 e. The highest BCUT2D eigenvalue weighted by atomic mass is 35.5. The predicted octanol–water partition coefficient (Wildman–Crippen LogP) is 8.08. The summed E-state index contributed by atoms with van der Waals surface area (Å²) in [4.78, 5) is 18.3. The number of nitrogens with zero attached hydrogens (tertiary/aromatic N) is 2. The molecule has 0 radical (unpaired) electrons. The topological polar surface area (TPSA) is 56.1 Å². The molecule has 1 amide bonds. The lowest BCUT2D eigenvalue weighted by molar-refractivity contribution is 0.102. The molecule has 2 heterocycles. The van der Waals surface area contributed by atoms with Crippen molar-refractivity contribution >= 4 is 34.5 Å². The minimum absolute atomic E-state index is 0.121. The van der Waals surface area contributed by atoms with Crippen LogP contribution in [0.1, 0.15) is 48.2 Å². The molecule has 1 fully saturated rings. The van der Waals surface area contributed by atoms with E-state index in [1.807, 2.05) is 49.4 Å². The van der Waals surface area contributed by atoms with Crippen LogP contribution >= 0.6 is 22.9 Å². The lowest BCUT2D eigenvalue weighted by atomic mass is 9.89. The molecule has 5 nitrogen and oxygen atoms in total. The van der Waals surface area contributed by atoms with Crippen molar-refractivity contribution < 1.29 is 9.53 Å². The number of anilines is 1. The number of halogens is 1. The Hall–Kier alpha value is -3.09. The van der Waals surface area contributed by atoms with Crippen LogP contribution in [0.5, 0.6) is 5.75 Å². The minimum atomic E-state index is -0.121. The first-order valence-corrected chi connectivity index (χ1v) is 13.6. The molecular formula is C29H30ClN3O2S. The van der Waals surface area contributed by atoms with Gasteiger partial charge in [-0.1, -0.05) is 30.9 Å². The molecule has 1 aliphatic carbocycles. The highest BCUT2D eigenvalue weighted by Gasteiger charge is 2.23. The van der Waals surface area contributed by atoms with E-state index in [0.29, 0.717) is 16.5 Å². The Bertz CT molecular complexity index is 1340. The predicted molar refractivity (Wildman–Crippen MR) is 148 cm³/mol. The summed E-state index contributed by atoms with van der Waals surface area (Å²) < 4.78 is 7.59. The van der Waals surface area contributed by atoms with Gasteiger partial charge in [-0.25, -0.2) is 4.98 Å². The molecular weight excluding hydrogens is 490 g/mol. The number of amides is 1. The number of hydrogen-bond acceptors (Lipinski definition) is 4. The Labute approximate surface area is 221 Å². The molecule has 36 heavy (non-hydrogen) atoms. The van der Waals surface area contributed by atoms with Crippen LogP contribution in [0, 0.1) is 12.8 Å². The molecule has 2 aromatic carbocycles. The average Bonchev–Trinajstić information content (AvgIpc) is 3.51. The fourth-order valence-electron chi connectivity index (χ4n) is 4.94. The molecule has 186 valence electrons. The summed E-state index contributed by atoms with van der Waals surface area (Å²) >= 11 is 7.62. The lowest BCUT2D eigenvalue weighted by Crippen LogP contribution is -2.17. The summed E-state index contributed by atoms with van der Waals surface area (Å²) in [6.45, 7) is 2.95. The molecule has 0 atom stereocenters. The molecule has 2 aromatic heterocycles. The number of carbonyl (C=O) groups excluding carboxylic acids is 1. The third-order valence-electron chi connectivity index (χ3n) is 6.98. The summed E-state index contributed by atoms with van der Waals surface area (Å²) in [6, 6.07) is 17.1. The number of methoxy groups -OCH3 is 1. The van der Waals surface area contributed by atoms with Crippen LogP contribution < -0.4 is 10.1 Å². The Balaban J connectivity index is 1.48. The zero-order valence-electron chi connectivity index (χ0n) is 20.6. The van der Waals surface area contributed by atoms with Gasteiger partial charge in [-0.2, -0.15) is 0 Å². The van der Waals surface area contributed by atoms with E-state index >= 15 is 0 Å². The lowest BCUT2D eigenvalue weighted by Gasteiger charge is -2.24. The van der Waals surface area contributed by atoms with Gasteiger partial charge in [-0.05, 0) is 80.3 Å². The van der Waals surface area contributed by atoms with Gasteiger partial charge in [0.1, 0.15) is 10.8 Å². The van der Waals surface area contributed by atoms with Gasteiger partial charge in [0.15, 0.2) is 0 Å². The number of aromatic nitrogens is 2. The molecule has 0 unspecified atom stereocenters. The molecule has 4 aromatic rings. The molecule has 0 saturated heterocycles. The normalized spacial score (nSPS) is 14.1. The van der Waals surface area contributed by atoms with Gasteiger partial charge in [-0.3, -0.25) is 4.79 Å². The van der Waals surface area contributed by atoms with Crippen molar-refractivity contribution in [1.82, 2.24) is 9.55 Å². The van der Waals surface area contributed by atoms with Crippen LogP contribution in [0.25, 0.3) is 22.0 Å². The number of ether oxygens (including phenoxy) is 1. The first kappa shape index (κ1) is 24.6. The van der Waals surface area contributed by atoms with Crippen molar-refractivity contribution in [2.75, 3.05) is 12.4 Å². The third kappa shape index (κ3) is 5.35. The SMILES string of the molecule is COc1ccc(-c2nc(-c3cc(C(=O)Nc4ccc(Cl)cc4)c(C)n3CC3CCCCC3)cs2)cc1. The average molecular weight is 520 g/mol. The summed E-state index contributed by atoms with van der Waals surface area (Å²) in [5.74, 6) is 1.32. The van der Waals surface area contributed by atoms with E-state index < -0.39 is 0 Å². The second-order valence-electron chi connectivity index (χ2n) is 9.37. The van der Waals surface area contributed by atoms with Crippen LogP contribution in [0.4, 0.5) is 5.69 Å². The van der Waals surface area contributed by atoms with Gasteiger partial charge >= 0.3 is 0 Å². The third-order valence-corrected chi connectivity index (χ3v) is 8.13. The van der Waals surface area contributed by atoms with Crippen LogP contribution in [0.3, 0.4) is 0 Å². The van der Waals surface area contributed by atoms with Crippen LogP contribution in [-0.2, 0) is 6.54 Å². The maximum absolute atomic E-state index is 13.3. The summed E-state index contributed by atoms with van der Waals surface area (Å²) in [5, 5.41) is 6.70. The fourth-order valence-corrected chi connectivity index (χ4v) is 5.89. The Kier molecular flexibility index (Phi) is 7.44. The second kappa shape index (κ2) is 10.9. The first-order chi connectivity index (χ1) is 17.5. The van der Waals surface area contributed by atoms with E-state index in [-0.39, 0.29) is 5.91 Å². The molecule has 1 aliphatic rings. The minimum Gasteiger partial charge on any atom is -0.497 e. The molecule has 1 N–H and O–H groups in total. The number of carbonyl (C=O) groups is 1. The van der Waals surface area contributed by atoms with Crippen molar-refractivity contribution in [3.63, 3.8) is 0 Å². The maximum atomic E-state index is 13.3. The summed E-state index contributed by atoms with van der Waals surface area (Å²) in [7, 11) is 1.67. The molecule has 0 spiro atoms. The molecule has 0 bridgehead atoms. The van der Waals surface area contributed by atoms with E-state index in [1.165, 1.54) is 32.1 Å². The Morgan fingerprint density at radius 2 is 1.83 bits per heavy atom. The van der Waals surface area contributed by atoms with Gasteiger partial charge in [0, 0.05) is 33.9 Å². The van der Waals surface area contributed by atoms with Crippen molar-refractivity contribution in [2.45, 2.75) is 45.6 Å². The van der Waals surface area contributed by atoms with E-state index in [9.17, 15) is 4.79 Å². The number of nitrogens with one attached hydrogen (secondary N) is 1. The number of hydrogen-bond donors (Lipinski definition) is 1. The van der Waals surface area contributed by atoms with Gasteiger partial charge in [0.2, 0.25) is 0 Å². The highest BCUT2D eigenvalue weighted by Crippen LogP contribution is 2.34. The number of thiazole rings is 1. The zero-order chi connectivity index (χ0) is 25.1. The van der Waals surface area contributed by atoms with E-state index in [2.05, 4.69) is 15.3 Å². The van der Waals surface area contributed by atoms with Gasteiger partial charge < -0.3 is 14.6 Å². The monoisotopic (exact) mass is 519 g/mol. The molecule has 1 saturated carbocycles.